The highest BCUT2D eigenvalue weighted by molar-refractivity contribution is 6.22. The molecule has 0 aromatic carbocycles. The highest BCUT2D eigenvalue weighted by Gasteiger charge is 2.41. The van der Waals surface area contributed by atoms with Crippen LogP contribution in [0.2, 0.25) is 0 Å². The molecule has 0 unspecified atom stereocenters. The van der Waals surface area contributed by atoms with Gasteiger partial charge in [0.2, 0.25) is 0 Å². The summed E-state index contributed by atoms with van der Waals surface area (Å²) < 4.78 is 0. The van der Waals surface area contributed by atoms with Crippen LogP contribution in [0.3, 0.4) is 0 Å². The van der Waals surface area contributed by atoms with E-state index in [1.54, 1.807) is 0 Å². The Hall–Kier alpha value is -0.530. The predicted octanol–water partition coefficient (Wildman–Crippen LogP) is 3.05. The quantitative estimate of drug-likeness (QED) is 0.551. The third kappa shape index (κ3) is 1.67. The van der Waals surface area contributed by atoms with Crippen molar-refractivity contribution < 1.29 is 5.11 Å². The lowest BCUT2D eigenvalue weighted by Crippen LogP contribution is -2.45. The molecule has 0 amide bonds. The number of rotatable bonds is 2. The van der Waals surface area contributed by atoms with Crippen LogP contribution < -0.4 is 0 Å². The van der Waals surface area contributed by atoms with Crippen molar-refractivity contribution in [3.63, 3.8) is 0 Å². The van der Waals surface area contributed by atoms with Gasteiger partial charge in [-0.25, -0.2) is 0 Å². The lowest BCUT2D eigenvalue weighted by molar-refractivity contribution is 0.102. The van der Waals surface area contributed by atoms with E-state index in [1.165, 1.54) is 6.08 Å². The van der Waals surface area contributed by atoms with Crippen molar-refractivity contribution in [1.29, 1.82) is 0 Å². The molecule has 0 saturated heterocycles. The minimum atomic E-state index is -1.08. The first-order chi connectivity index (χ1) is 6.43. The Labute approximate surface area is 90.8 Å². The van der Waals surface area contributed by atoms with Gasteiger partial charge >= 0.3 is 0 Å². The average molecular weight is 213 g/mol. The van der Waals surface area contributed by atoms with E-state index in [0.717, 1.165) is 17.6 Å². The first-order valence-corrected chi connectivity index (χ1v) is 5.19. The Bertz CT molecular complexity index is 293. The van der Waals surface area contributed by atoms with E-state index in [0.29, 0.717) is 0 Å². The molecule has 14 heavy (non-hydrogen) atoms. The maximum atomic E-state index is 10.3. The standard InChI is InChI=1S/C12H17ClO/c1-5-12(14)9(4)6-7-10(8(2)3)11(12)13/h5-6,10-11,14H,1-2,7H2,3-4H3/t10-,11-,12-/m1/s1. The van der Waals surface area contributed by atoms with Crippen LogP contribution in [0.15, 0.2) is 36.5 Å². The van der Waals surface area contributed by atoms with Gasteiger partial charge in [0.05, 0.1) is 5.38 Å². The molecule has 1 rings (SSSR count). The molecule has 0 spiro atoms. The lowest BCUT2D eigenvalue weighted by atomic mass is 9.75. The van der Waals surface area contributed by atoms with Crippen LogP contribution >= 0.6 is 11.6 Å². The Kier molecular flexibility index (Phi) is 3.23. The second-order valence-electron chi connectivity index (χ2n) is 4.01. The van der Waals surface area contributed by atoms with E-state index in [-0.39, 0.29) is 11.3 Å². The molecule has 0 radical (unpaired) electrons. The van der Waals surface area contributed by atoms with Crippen LogP contribution in [0, 0.1) is 5.92 Å². The van der Waals surface area contributed by atoms with Gasteiger partial charge in [-0.05, 0) is 25.8 Å². The van der Waals surface area contributed by atoms with Gasteiger partial charge in [0.25, 0.3) is 0 Å². The highest BCUT2D eigenvalue weighted by atomic mass is 35.5. The van der Waals surface area contributed by atoms with E-state index < -0.39 is 5.60 Å². The molecule has 0 aliphatic heterocycles. The summed E-state index contributed by atoms with van der Waals surface area (Å²) in [7, 11) is 0. The molecule has 0 aromatic rings. The smallest absolute Gasteiger partial charge is 0.120 e. The van der Waals surface area contributed by atoms with Gasteiger partial charge in [0.15, 0.2) is 0 Å². The van der Waals surface area contributed by atoms with Crippen molar-refractivity contribution in [3.05, 3.63) is 36.5 Å². The summed E-state index contributed by atoms with van der Waals surface area (Å²) in [4.78, 5) is 0. The van der Waals surface area contributed by atoms with Crippen molar-refractivity contribution >= 4 is 11.6 Å². The predicted molar refractivity (Wildman–Crippen MR) is 61.5 cm³/mol. The molecule has 0 aromatic heterocycles. The summed E-state index contributed by atoms with van der Waals surface area (Å²) >= 11 is 6.26. The van der Waals surface area contributed by atoms with Crippen molar-refractivity contribution in [1.82, 2.24) is 0 Å². The van der Waals surface area contributed by atoms with E-state index >= 15 is 0 Å². The van der Waals surface area contributed by atoms with Crippen molar-refractivity contribution in [2.45, 2.75) is 31.2 Å². The monoisotopic (exact) mass is 212 g/mol. The minimum Gasteiger partial charge on any atom is -0.380 e. The molecule has 0 bridgehead atoms. The Morgan fingerprint density at radius 3 is 2.79 bits per heavy atom. The second kappa shape index (κ2) is 3.92. The lowest BCUT2D eigenvalue weighted by Gasteiger charge is -2.39. The fourth-order valence-electron chi connectivity index (χ4n) is 1.84. The van der Waals surface area contributed by atoms with Crippen LogP contribution in [-0.4, -0.2) is 16.1 Å². The average Bonchev–Trinajstić information content (AvgIpc) is 2.14. The fourth-order valence-corrected chi connectivity index (χ4v) is 2.41. The van der Waals surface area contributed by atoms with Gasteiger partial charge < -0.3 is 5.11 Å². The van der Waals surface area contributed by atoms with E-state index in [1.807, 2.05) is 19.9 Å². The van der Waals surface area contributed by atoms with Crippen molar-refractivity contribution in [2.24, 2.45) is 5.92 Å². The molecule has 3 atom stereocenters. The summed E-state index contributed by atoms with van der Waals surface area (Å²) in [6, 6.07) is 0. The molecular weight excluding hydrogens is 196 g/mol. The molecule has 1 N–H and O–H groups in total. The van der Waals surface area contributed by atoms with Crippen LogP contribution in [0.1, 0.15) is 20.3 Å². The highest BCUT2D eigenvalue weighted by Crippen LogP contribution is 2.40. The van der Waals surface area contributed by atoms with Crippen molar-refractivity contribution in [3.8, 4) is 0 Å². The molecule has 1 aliphatic carbocycles. The number of halogens is 1. The third-order valence-electron chi connectivity index (χ3n) is 3.03. The van der Waals surface area contributed by atoms with Crippen LogP contribution in [0.5, 0.6) is 0 Å². The molecule has 2 heteroatoms. The first-order valence-electron chi connectivity index (χ1n) is 4.76. The number of aliphatic hydroxyl groups is 1. The van der Waals surface area contributed by atoms with E-state index in [9.17, 15) is 5.11 Å². The molecule has 1 nitrogen and oxygen atoms in total. The largest absolute Gasteiger partial charge is 0.380 e. The Morgan fingerprint density at radius 1 is 1.79 bits per heavy atom. The zero-order chi connectivity index (χ0) is 10.9. The number of hydrogen-bond donors (Lipinski definition) is 1. The third-order valence-corrected chi connectivity index (χ3v) is 3.66. The van der Waals surface area contributed by atoms with Gasteiger partial charge in [0.1, 0.15) is 5.60 Å². The summed E-state index contributed by atoms with van der Waals surface area (Å²) in [5, 5.41) is 9.92. The Morgan fingerprint density at radius 2 is 2.36 bits per heavy atom. The van der Waals surface area contributed by atoms with E-state index in [2.05, 4.69) is 13.2 Å². The molecule has 0 heterocycles. The van der Waals surface area contributed by atoms with Gasteiger partial charge in [-0.15, -0.1) is 11.6 Å². The topological polar surface area (TPSA) is 20.2 Å². The zero-order valence-corrected chi connectivity index (χ0v) is 9.51. The number of hydrogen-bond acceptors (Lipinski definition) is 1. The fraction of sp³-hybridized carbons (Fsp3) is 0.500. The first kappa shape index (κ1) is 11.5. The normalized spacial score (nSPS) is 37.6. The molecule has 78 valence electrons. The minimum absolute atomic E-state index is 0.128. The van der Waals surface area contributed by atoms with Gasteiger partial charge in [-0.2, -0.15) is 0 Å². The van der Waals surface area contributed by atoms with Gasteiger partial charge in [-0.3, -0.25) is 0 Å². The van der Waals surface area contributed by atoms with Gasteiger partial charge in [0, 0.05) is 5.92 Å². The van der Waals surface area contributed by atoms with Crippen molar-refractivity contribution in [2.75, 3.05) is 0 Å². The number of alkyl halides is 1. The summed E-state index contributed by atoms with van der Waals surface area (Å²) in [6.07, 6.45) is 4.39. The molecule has 1 aliphatic rings. The molecular formula is C12H17ClO. The zero-order valence-electron chi connectivity index (χ0n) is 8.76. The Balaban J connectivity index is 3.08. The maximum Gasteiger partial charge on any atom is 0.120 e. The van der Waals surface area contributed by atoms with Crippen LogP contribution in [0.25, 0.3) is 0 Å². The van der Waals surface area contributed by atoms with Crippen LogP contribution in [0.4, 0.5) is 0 Å². The summed E-state index contributed by atoms with van der Waals surface area (Å²) in [5.41, 5.74) is 0.808. The molecule has 0 fully saturated rings. The molecule has 0 saturated carbocycles. The van der Waals surface area contributed by atoms with Crippen LogP contribution in [-0.2, 0) is 0 Å². The van der Waals surface area contributed by atoms with E-state index in [4.69, 9.17) is 11.6 Å². The van der Waals surface area contributed by atoms with Gasteiger partial charge in [-0.1, -0.05) is 30.9 Å². The number of allylic oxidation sites excluding steroid dienone is 2. The summed E-state index contributed by atoms with van der Waals surface area (Å²) in [6.45, 7) is 11.4. The SMILES string of the molecule is C=C[C@@]1(O)C(C)=CC[C@H](C(=C)C)[C@H]1Cl. The summed E-state index contributed by atoms with van der Waals surface area (Å²) in [5.74, 6) is 0.128. The maximum absolute atomic E-state index is 10.3. The second-order valence-corrected chi connectivity index (χ2v) is 4.48.